The van der Waals surface area contributed by atoms with Crippen LogP contribution in [0.4, 0.5) is 11.4 Å². The van der Waals surface area contributed by atoms with Gasteiger partial charge >= 0.3 is 0 Å². The van der Waals surface area contributed by atoms with Gasteiger partial charge in [-0.3, -0.25) is 9.69 Å². The standard InChI is InChI=1S/C18H24N6O/c1-12(25)23-11-8-13-6-5-7-14(15(13)23)24-17(20)21-16(19)22-18(24)9-3-2-4-10-18/h5-7H,2-4,8-11H2,1H3,(H4,19,20,21,22). The number of para-hydroxylation sites is 1. The molecule has 2 heterocycles. The maximum absolute atomic E-state index is 12.1. The summed E-state index contributed by atoms with van der Waals surface area (Å²) in [7, 11) is 0. The Hall–Kier alpha value is -2.57. The van der Waals surface area contributed by atoms with E-state index in [0.717, 1.165) is 49.0 Å². The normalized spacial score (nSPS) is 21.8. The van der Waals surface area contributed by atoms with Crippen molar-refractivity contribution in [3.8, 4) is 0 Å². The molecule has 0 unspecified atom stereocenters. The summed E-state index contributed by atoms with van der Waals surface area (Å²) >= 11 is 0. The van der Waals surface area contributed by atoms with E-state index in [2.05, 4.69) is 11.1 Å². The zero-order valence-electron chi connectivity index (χ0n) is 14.5. The molecule has 0 aromatic heterocycles. The number of fused-ring (bicyclic) bond motifs is 1. The van der Waals surface area contributed by atoms with Crippen LogP contribution in [0, 0.1) is 0 Å². The molecule has 132 valence electrons. The second-order valence-corrected chi connectivity index (χ2v) is 7.02. The van der Waals surface area contributed by atoms with Gasteiger partial charge in [-0.15, -0.1) is 0 Å². The van der Waals surface area contributed by atoms with Gasteiger partial charge in [-0.1, -0.05) is 18.6 Å². The third kappa shape index (κ3) is 2.45. The molecule has 1 aliphatic carbocycles. The third-order valence-electron chi connectivity index (χ3n) is 5.45. The van der Waals surface area contributed by atoms with E-state index >= 15 is 0 Å². The van der Waals surface area contributed by atoms with Crippen LogP contribution in [-0.2, 0) is 11.2 Å². The van der Waals surface area contributed by atoms with Crippen molar-refractivity contribution in [2.24, 2.45) is 21.5 Å². The molecule has 0 saturated heterocycles. The van der Waals surface area contributed by atoms with Gasteiger partial charge in [0.2, 0.25) is 17.8 Å². The molecule has 3 aliphatic rings. The minimum absolute atomic E-state index is 0.0411. The second-order valence-electron chi connectivity index (χ2n) is 7.02. The second kappa shape index (κ2) is 5.75. The fraction of sp³-hybridized carbons (Fsp3) is 0.500. The zero-order chi connectivity index (χ0) is 17.6. The van der Waals surface area contributed by atoms with Crippen LogP contribution in [0.15, 0.2) is 28.2 Å². The summed E-state index contributed by atoms with van der Waals surface area (Å²) in [4.78, 5) is 24.9. The third-order valence-corrected chi connectivity index (χ3v) is 5.45. The first-order chi connectivity index (χ1) is 12.0. The van der Waals surface area contributed by atoms with E-state index in [0.29, 0.717) is 12.5 Å². The molecule has 1 aromatic rings. The number of benzene rings is 1. The predicted molar refractivity (Wildman–Crippen MR) is 99.7 cm³/mol. The Morgan fingerprint density at radius 3 is 2.68 bits per heavy atom. The van der Waals surface area contributed by atoms with Crippen molar-refractivity contribution in [2.45, 2.75) is 51.1 Å². The molecule has 2 aliphatic heterocycles. The number of hydrogen-bond acceptors (Lipinski definition) is 6. The van der Waals surface area contributed by atoms with Crippen LogP contribution < -0.4 is 21.3 Å². The number of carbonyl (C=O) groups is 1. The first-order valence-corrected chi connectivity index (χ1v) is 8.91. The van der Waals surface area contributed by atoms with Crippen molar-refractivity contribution in [2.75, 3.05) is 16.3 Å². The van der Waals surface area contributed by atoms with E-state index in [9.17, 15) is 4.79 Å². The number of rotatable bonds is 1. The topological polar surface area (TPSA) is 100 Å². The lowest BCUT2D eigenvalue weighted by Gasteiger charge is -2.46. The van der Waals surface area contributed by atoms with E-state index in [-0.39, 0.29) is 11.9 Å². The zero-order valence-corrected chi connectivity index (χ0v) is 14.5. The SMILES string of the molecule is CC(=O)N1CCc2cccc(N3C(N)=NC(N)=NC34CCCCC4)c21. The van der Waals surface area contributed by atoms with Gasteiger partial charge in [-0.05, 0) is 43.7 Å². The van der Waals surface area contributed by atoms with E-state index in [1.54, 1.807) is 6.92 Å². The van der Waals surface area contributed by atoms with Crippen LogP contribution in [0.25, 0.3) is 0 Å². The highest BCUT2D eigenvalue weighted by Gasteiger charge is 2.44. The number of amides is 1. The molecule has 0 bridgehead atoms. The minimum atomic E-state index is -0.492. The number of guanidine groups is 2. The summed E-state index contributed by atoms with van der Waals surface area (Å²) < 4.78 is 0. The first-order valence-electron chi connectivity index (χ1n) is 8.91. The quantitative estimate of drug-likeness (QED) is 0.812. The Morgan fingerprint density at radius 1 is 1.20 bits per heavy atom. The van der Waals surface area contributed by atoms with Crippen molar-refractivity contribution < 1.29 is 4.79 Å². The average Bonchev–Trinajstić information content (AvgIpc) is 3.00. The Bertz CT molecular complexity index is 778. The van der Waals surface area contributed by atoms with E-state index in [1.807, 2.05) is 21.9 Å². The largest absolute Gasteiger partial charge is 0.369 e. The summed E-state index contributed by atoms with van der Waals surface area (Å²) in [6.45, 7) is 2.30. The van der Waals surface area contributed by atoms with E-state index < -0.39 is 5.66 Å². The molecule has 7 nitrogen and oxygen atoms in total. The van der Waals surface area contributed by atoms with E-state index in [4.69, 9.17) is 16.5 Å². The fourth-order valence-corrected chi connectivity index (χ4v) is 4.40. The summed E-state index contributed by atoms with van der Waals surface area (Å²) in [5.74, 6) is 0.643. The van der Waals surface area contributed by atoms with Crippen LogP contribution in [0.1, 0.15) is 44.6 Å². The van der Waals surface area contributed by atoms with Crippen molar-refractivity contribution >= 4 is 29.2 Å². The maximum atomic E-state index is 12.1. The van der Waals surface area contributed by atoms with Crippen LogP contribution in [0.3, 0.4) is 0 Å². The fourth-order valence-electron chi connectivity index (χ4n) is 4.40. The van der Waals surface area contributed by atoms with Crippen LogP contribution in [0.2, 0.25) is 0 Å². The molecule has 1 saturated carbocycles. The van der Waals surface area contributed by atoms with Gasteiger partial charge in [0.05, 0.1) is 11.4 Å². The Labute approximate surface area is 147 Å². The molecule has 1 amide bonds. The highest BCUT2D eigenvalue weighted by molar-refractivity contribution is 6.09. The maximum Gasteiger partial charge on any atom is 0.223 e. The van der Waals surface area contributed by atoms with Crippen molar-refractivity contribution in [3.05, 3.63) is 23.8 Å². The van der Waals surface area contributed by atoms with E-state index in [1.165, 1.54) is 6.42 Å². The summed E-state index contributed by atoms with van der Waals surface area (Å²) in [6.07, 6.45) is 5.96. The monoisotopic (exact) mass is 340 g/mol. The van der Waals surface area contributed by atoms with Crippen molar-refractivity contribution in [1.29, 1.82) is 0 Å². The van der Waals surface area contributed by atoms with Crippen molar-refractivity contribution in [1.82, 2.24) is 0 Å². The molecule has 1 spiro atoms. The van der Waals surface area contributed by atoms with Gasteiger partial charge < -0.3 is 16.4 Å². The van der Waals surface area contributed by atoms with Crippen LogP contribution in [0.5, 0.6) is 0 Å². The lowest BCUT2D eigenvalue weighted by atomic mass is 9.87. The number of hydrogen-bond donors (Lipinski definition) is 2. The molecule has 1 aromatic carbocycles. The van der Waals surface area contributed by atoms with Crippen LogP contribution in [-0.4, -0.2) is 30.0 Å². The number of carbonyl (C=O) groups excluding carboxylic acids is 1. The van der Waals surface area contributed by atoms with Gasteiger partial charge in [0.25, 0.3) is 0 Å². The number of anilines is 2. The molecule has 7 heteroatoms. The van der Waals surface area contributed by atoms with Gasteiger partial charge in [0.15, 0.2) is 0 Å². The summed E-state index contributed by atoms with van der Waals surface area (Å²) in [5.41, 5.74) is 14.8. The van der Waals surface area contributed by atoms with Gasteiger partial charge in [0.1, 0.15) is 5.66 Å². The van der Waals surface area contributed by atoms with Gasteiger partial charge in [0, 0.05) is 13.5 Å². The molecular formula is C18H24N6O. The molecular weight excluding hydrogens is 316 g/mol. The first kappa shape index (κ1) is 15.9. The molecule has 0 atom stereocenters. The highest BCUT2D eigenvalue weighted by Crippen LogP contribution is 2.45. The van der Waals surface area contributed by atoms with Gasteiger partial charge in [-0.25, -0.2) is 4.99 Å². The number of nitrogens with zero attached hydrogens (tertiary/aromatic N) is 4. The lowest BCUT2D eigenvalue weighted by Crippen LogP contribution is -2.58. The molecule has 0 radical (unpaired) electrons. The predicted octanol–water partition coefficient (Wildman–Crippen LogP) is 1.71. The Morgan fingerprint density at radius 2 is 1.96 bits per heavy atom. The average molecular weight is 340 g/mol. The highest BCUT2D eigenvalue weighted by atomic mass is 16.2. The molecule has 25 heavy (non-hydrogen) atoms. The van der Waals surface area contributed by atoms with Crippen molar-refractivity contribution in [3.63, 3.8) is 0 Å². The summed E-state index contributed by atoms with van der Waals surface area (Å²) in [5, 5.41) is 0. The van der Waals surface area contributed by atoms with Crippen LogP contribution >= 0.6 is 0 Å². The number of aliphatic imine (C=N–C) groups is 2. The summed E-state index contributed by atoms with van der Waals surface area (Å²) in [6, 6.07) is 6.10. The van der Waals surface area contributed by atoms with Gasteiger partial charge in [-0.2, -0.15) is 4.99 Å². The molecule has 4 rings (SSSR count). The lowest BCUT2D eigenvalue weighted by molar-refractivity contribution is -0.116. The Balaban J connectivity index is 1.87. The number of nitrogens with two attached hydrogens (primary N) is 2. The Kier molecular flexibility index (Phi) is 3.67. The smallest absolute Gasteiger partial charge is 0.223 e. The molecule has 4 N–H and O–H groups in total. The molecule has 1 fully saturated rings. The minimum Gasteiger partial charge on any atom is -0.369 e.